The summed E-state index contributed by atoms with van der Waals surface area (Å²) < 4.78 is 16.1. The first-order chi connectivity index (χ1) is 20.5. The van der Waals surface area contributed by atoms with Gasteiger partial charge in [0.05, 0.1) is 27.1 Å². The predicted octanol–water partition coefficient (Wildman–Crippen LogP) is 10.1. The van der Waals surface area contributed by atoms with E-state index in [0.29, 0.717) is 5.75 Å². The Bertz CT molecular complexity index is 1840. The van der Waals surface area contributed by atoms with Crippen LogP contribution >= 0.6 is 17.0 Å². The van der Waals surface area contributed by atoms with E-state index in [1.54, 1.807) is 21.3 Å². The molecule has 0 fully saturated rings. The van der Waals surface area contributed by atoms with Crippen LogP contribution in [0.4, 0.5) is 0 Å². The molecule has 0 N–H and O–H groups in total. The van der Waals surface area contributed by atoms with Crippen LogP contribution < -0.4 is 14.2 Å². The van der Waals surface area contributed by atoms with Gasteiger partial charge in [-0.3, -0.25) is 0 Å². The van der Waals surface area contributed by atoms with Crippen LogP contribution in [0.3, 0.4) is 0 Å². The maximum atomic E-state index is 5.52. The van der Waals surface area contributed by atoms with Gasteiger partial charge in [-0.25, -0.2) is 0 Å². The van der Waals surface area contributed by atoms with Gasteiger partial charge < -0.3 is 14.2 Å². The van der Waals surface area contributed by atoms with Crippen LogP contribution in [-0.2, 0) is 27.3 Å². The van der Waals surface area contributed by atoms with Crippen molar-refractivity contribution in [3.05, 3.63) is 120 Å². The fourth-order valence-electron chi connectivity index (χ4n) is 5.60. The van der Waals surface area contributed by atoms with Gasteiger partial charge in [0, 0.05) is 5.75 Å². The van der Waals surface area contributed by atoms with Crippen molar-refractivity contribution in [2.75, 3.05) is 21.3 Å². The first-order valence-electron chi connectivity index (χ1n) is 13.5. The molecule has 1 aliphatic carbocycles. The zero-order chi connectivity index (χ0) is 29.6. The molecule has 0 aliphatic heterocycles. The Morgan fingerprint density at radius 3 is 2.36 bits per heavy atom. The quantitative estimate of drug-likeness (QED) is 0.174. The molecule has 0 atom stereocenters. The Morgan fingerprint density at radius 2 is 1.60 bits per heavy atom. The molecule has 3 nitrogen and oxygen atoms in total. The number of ether oxygens (including phenoxy) is 3. The van der Waals surface area contributed by atoms with E-state index in [4.69, 9.17) is 31.2 Å². The molecule has 0 aromatic heterocycles. The number of fused-ring (bicyclic) bond motifs is 5. The van der Waals surface area contributed by atoms with E-state index in [-0.39, 0.29) is 0 Å². The number of hydrogen-bond donors (Lipinski definition) is 0. The fraction of sp³-hybridized carbons (Fsp3) is 0.139. The van der Waals surface area contributed by atoms with Gasteiger partial charge in [0.15, 0.2) is 0 Å². The molecule has 6 aromatic carbocycles. The molecule has 0 heterocycles. The summed E-state index contributed by atoms with van der Waals surface area (Å²) in [5.74, 6) is 2.36. The summed E-state index contributed by atoms with van der Waals surface area (Å²) in [6, 6.07) is 37.5. The van der Waals surface area contributed by atoms with Gasteiger partial charge in [-0.05, 0) is 46.0 Å². The Hall–Kier alpha value is -3.17. The van der Waals surface area contributed by atoms with E-state index in [0.717, 1.165) is 29.0 Å². The number of methoxy groups -OCH3 is 3. The topological polar surface area (TPSA) is 27.7 Å². The summed E-state index contributed by atoms with van der Waals surface area (Å²) in [7, 11) is 14.9. The third kappa shape index (κ3) is 6.13. The second-order valence-electron chi connectivity index (χ2n) is 9.86. The number of rotatable bonds is 4. The molecule has 0 radical (unpaired) electrons. The van der Waals surface area contributed by atoms with Crippen molar-refractivity contribution in [3.8, 4) is 39.5 Å². The summed E-state index contributed by atoms with van der Waals surface area (Å²) in [5.41, 5.74) is 8.58. The Morgan fingerprint density at radius 1 is 0.810 bits per heavy atom. The van der Waals surface area contributed by atoms with Crippen molar-refractivity contribution in [2.24, 2.45) is 0 Å². The Kier molecular flexibility index (Phi) is 10.0. The minimum atomic E-state index is -0.826. The molecule has 6 aromatic rings. The first-order valence-corrected chi connectivity index (χ1v) is 19.8. The molecule has 210 valence electrons. The molecule has 0 spiro atoms. The van der Waals surface area contributed by atoms with Crippen molar-refractivity contribution < 1.29 is 35.1 Å². The monoisotopic (exact) mass is 670 g/mol. The van der Waals surface area contributed by atoms with Crippen LogP contribution in [0.25, 0.3) is 43.8 Å². The molecular formula is C36H30Cl2O3Zr. The summed E-state index contributed by atoms with van der Waals surface area (Å²) in [6.45, 7) is 2.18. The Balaban J connectivity index is 0.000000154. The van der Waals surface area contributed by atoms with Gasteiger partial charge in [-0.15, -0.1) is 34.5 Å². The summed E-state index contributed by atoms with van der Waals surface area (Å²) in [4.78, 5) is 0. The standard InChI is InChI=1S/C20H15.C16H15O3.2ClH.Zr/c1-14-9-10-16-11-12-17(13-20(14)16)19-8-4-6-15-5-2-3-7-18(15)19;1-17-12-5-6-13-11(9-12)8-10-4-7-14(18-2)16(19-3)15(10)13;;;/h2-13H,1H3;5-7,9H,8H2,1-3H3;2*1H;/q2*-1;;;+4/p-2. The first kappa shape index (κ1) is 30.3. The van der Waals surface area contributed by atoms with Crippen molar-refractivity contribution in [1.82, 2.24) is 0 Å². The van der Waals surface area contributed by atoms with Crippen LogP contribution in [0, 0.1) is 13.0 Å². The number of aryl methyl sites for hydroxylation is 1. The van der Waals surface area contributed by atoms with Gasteiger partial charge in [-0.2, -0.15) is 17.7 Å². The van der Waals surface area contributed by atoms with E-state index in [9.17, 15) is 0 Å². The number of benzene rings is 5. The van der Waals surface area contributed by atoms with Crippen LogP contribution in [0.1, 0.15) is 16.7 Å². The number of halogens is 2. The molecule has 0 saturated heterocycles. The normalized spacial score (nSPS) is 10.9. The van der Waals surface area contributed by atoms with Gasteiger partial charge in [0.25, 0.3) is 0 Å². The molecule has 7 rings (SSSR count). The SMILES string of the molecule is COc1ccc2c(c1)Cc1[c-]cc(OC)c(OC)c1-2.Cc1c[cH-]c2ccc(-c3cccc4ccccc34)cc12.[Cl][Zr+2][Cl]. The molecule has 0 unspecified atom stereocenters. The summed E-state index contributed by atoms with van der Waals surface area (Å²) >= 11 is -0.826. The molecule has 0 bridgehead atoms. The maximum absolute atomic E-state index is 5.52. The molecule has 0 amide bonds. The zero-order valence-corrected chi connectivity index (χ0v) is 27.9. The summed E-state index contributed by atoms with van der Waals surface area (Å²) in [6.07, 6.45) is 0.849. The average Bonchev–Trinajstić information content (AvgIpc) is 3.60. The van der Waals surface area contributed by atoms with Gasteiger partial charge >= 0.3 is 37.9 Å². The molecule has 1 aliphatic rings. The average molecular weight is 673 g/mol. The van der Waals surface area contributed by atoms with Crippen molar-refractivity contribution >= 4 is 38.6 Å². The van der Waals surface area contributed by atoms with Crippen molar-refractivity contribution in [3.63, 3.8) is 0 Å². The third-order valence-corrected chi connectivity index (χ3v) is 7.59. The minimum absolute atomic E-state index is 0.713. The molecular weight excluding hydrogens is 643 g/mol. The molecule has 6 heteroatoms. The van der Waals surface area contributed by atoms with E-state index in [2.05, 4.69) is 97.9 Å². The predicted molar refractivity (Wildman–Crippen MR) is 172 cm³/mol. The zero-order valence-electron chi connectivity index (χ0n) is 23.9. The summed E-state index contributed by atoms with van der Waals surface area (Å²) in [5, 5.41) is 5.30. The van der Waals surface area contributed by atoms with Gasteiger partial charge in [0.1, 0.15) is 5.75 Å². The fourth-order valence-corrected chi connectivity index (χ4v) is 5.60. The number of hydrogen-bond acceptors (Lipinski definition) is 3. The third-order valence-electron chi connectivity index (χ3n) is 7.59. The van der Waals surface area contributed by atoms with E-state index >= 15 is 0 Å². The second kappa shape index (κ2) is 13.9. The van der Waals surface area contributed by atoms with Crippen LogP contribution in [0.5, 0.6) is 17.2 Å². The van der Waals surface area contributed by atoms with E-state index in [1.807, 2.05) is 12.1 Å². The van der Waals surface area contributed by atoms with Crippen LogP contribution in [0.15, 0.2) is 97.1 Å². The molecule has 0 saturated carbocycles. The van der Waals surface area contributed by atoms with E-state index < -0.39 is 20.8 Å². The van der Waals surface area contributed by atoms with Gasteiger partial charge in [-0.1, -0.05) is 78.7 Å². The molecule has 42 heavy (non-hydrogen) atoms. The Labute approximate surface area is 266 Å². The van der Waals surface area contributed by atoms with Crippen molar-refractivity contribution in [1.29, 1.82) is 0 Å². The van der Waals surface area contributed by atoms with Crippen LogP contribution in [-0.4, -0.2) is 21.3 Å². The second-order valence-corrected chi connectivity index (χ2v) is 13.6. The van der Waals surface area contributed by atoms with Crippen molar-refractivity contribution in [2.45, 2.75) is 13.3 Å². The van der Waals surface area contributed by atoms with E-state index in [1.165, 1.54) is 49.4 Å². The van der Waals surface area contributed by atoms with Gasteiger partial charge in [0.2, 0.25) is 0 Å². The van der Waals surface area contributed by atoms with Crippen LogP contribution in [0.2, 0.25) is 0 Å².